The van der Waals surface area contributed by atoms with Crippen LogP contribution in [0, 0.1) is 0 Å². The van der Waals surface area contributed by atoms with E-state index in [1.807, 2.05) is 30.5 Å². The molecule has 176 valence electrons. The van der Waals surface area contributed by atoms with Gasteiger partial charge < -0.3 is 4.90 Å². The average Bonchev–Trinajstić information content (AvgIpc) is 3.24. The van der Waals surface area contributed by atoms with E-state index in [9.17, 15) is 8.42 Å². The third-order valence-electron chi connectivity index (χ3n) is 6.39. The Morgan fingerprint density at radius 2 is 1.56 bits per heavy atom. The summed E-state index contributed by atoms with van der Waals surface area (Å²) in [6.45, 7) is 5.47. The molecule has 8 heteroatoms. The second-order valence-electron chi connectivity index (χ2n) is 9.09. The third-order valence-corrected chi connectivity index (χ3v) is 7.52. The zero-order chi connectivity index (χ0) is 23.7. The minimum Gasteiger partial charge on any atom is -0.304 e. The fraction of sp³-hybridized carbons (Fsp3) is 0.308. The summed E-state index contributed by atoms with van der Waals surface area (Å²) in [5.74, 6) is 0.757. The Hall–Kier alpha value is -3.07. The molecule has 1 aliphatic heterocycles. The number of nitrogens with zero attached hydrogens (tertiary/aromatic N) is 5. The van der Waals surface area contributed by atoms with E-state index < -0.39 is 9.84 Å². The summed E-state index contributed by atoms with van der Waals surface area (Å²) in [7, 11) is -1.05. The molecule has 0 saturated carbocycles. The van der Waals surface area contributed by atoms with Crippen LogP contribution in [0.3, 0.4) is 0 Å². The molecule has 5 rings (SSSR count). The van der Waals surface area contributed by atoms with Crippen LogP contribution in [0.1, 0.15) is 17.0 Å². The lowest BCUT2D eigenvalue weighted by atomic mass is 10.1. The van der Waals surface area contributed by atoms with Gasteiger partial charge in [0.25, 0.3) is 0 Å². The van der Waals surface area contributed by atoms with Gasteiger partial charge in [0.15, 0.2) is 21.3 Å². The highest BCUT2D eigenvalue weighted by Crippen LogP contribution is 2.25. The Morgan fingerprint density at radius 3 is 2.24 bits per heavy atom. The van der Waals surface area contributed by atoms with Gasteiger partial charge in [-0.25, -0.2) is 17.9 Å². The van der Waals surface area contributed by atoms with Gasteiger partial charge in [0.2, 0.25) is 0 Å². The highest BCUT2D eigenvalue weighted by Gasteiger charge is 2.15. The highest BCUT2D eigenvalue weighted by molar-refractivity contribution is 7.90. The van der Waals surface area contributed by atoms with Gasteiger partial charge in [-0.05, 0) is 48.0 Å². The van der Waals surface area contributed by atoms with Crippen molar-refractivity contribution in [3.8, 4) is 11.1 Å². The maximum atomic E-state index is 11.8. The average molecular weight is 476 g/mol. The molecular weight excluding hydrogens is 446 g/mol. The summed E-state index contributed by atoms with van der Waals surface area (Å²) in [4.78, 5) is 9.98. The topological polar surface area (TPSA) is 70.8 Å². The van der Waals surface area contributed by atoms with E-state index in [-0.39, 0.29) is 0 Å². The molecule has 0 amide bonds. The standard InChI is InChI=1S/C26H29N5O2S/c1-29-14-16-30(17-15-29)19-21-7-5-20(6-8-21)18-25-27-26-24(4-3-13-31(26)28-25)22-9-11-23(12-10-22)34(2,32)33/h3-13H,14-19H2,1-2H3. The molecule has 0 radical (unpaired) electrons. The lowest BCUT2D eigenvalue weighted by molar-refractivity contribution is 0.148. The first-order valence-corrected chi connectivity index (χ1v) is 13.4. The van der Waals surface area contributed by atoms with Gasteiger partial charge in [-0.3, -0.25) is 4.90 Å². The Labute approximate surface area is 200 Å². The normalized spacial score (nSPS) is 15.7. The number of likely N-dealkylation sites (N-methyl/N-ethyl adjacent to an activating group) is 1. The van der Waals surface area contributed by atoms with Gasteiger partial charge in [-0.2, -0.15) is 5.10 Å². The molecule has 0 bridgehead atoms. The van der Waals surface area contributed by atoms with Crippen LogP contribution in [-0.2, 0) is 22.8 Å². The fourth-order valence-corrected chi connectivity index (χ4v) is 4.97. The van der Waals surface area contributed by atoms with E-state index in [0.29, 0.717) is 11.3 Å². The predicted molar refractivity (Wildman–Crippen MR) is 134 cm³/mol. The minimum absolute atomic E-state index is 0.307. The van der Waals surface area contributed by atoms with Crippen LogP contribution >= 0.6 is 0 Å². The van der Waals surface area contributed by atoms with E-state index in [2.05, 4.69) is 46.2 Å². The van der Waals surface area contributed by atoms with Crippen molar-refractivity contribution in [3.05, 3.63) is 83.8 Å². The summed E-state index contributed by atoms with van der Waals surface area (Å²) in [5.41, 5.74) is 5.10. The van der Waals surface area contributed by atoms with E-state index in [1.165, 1.54) is 17.4 Å². The van der Waals surface area contributed by atoms with Gasteiger partial charge in [-0.1, -0.05) is 36.4 Å². The molecule has 3 heterocycles. The maximum absolute atomic E-state index is 11.8. The van der Waals surface area contributed by atoms with E-state index >= 15 is 0 Å². The van der Waals surface area contributed by atoms with E-state index in [4.69, 9.17) is 4.98 Å². The first kappa shape index (κ1) is 22.7. The van der Waals surface area contributed by atoms with Crippen LogP contribution in [0.15, 0.2) is 71.8 Å². The van der Waals surface area contributed by atoms with Crippen molar-refractivity contribution in [3.63, 3.8) is 0 Å². The Morgan fingerprint density at radius 1 is 0.882 bits per heavy atom. The smallest absolute Gasteiger partial charge is 0.175 e. The van der Waals surface area contributed by atoms with Crippen LogP contribution in [0.2, 0.25) is 0 Å². The Kier molecular flexibility index (Phi) is 6.20. The van der Waals surface area contributed by atoms with Crippen molar-refractivity contribution in [2.45, 2.75) is 17.9 Å². The molecule has 2 aromatic carbocycles. The molecular formula is C26H29N5O2S. The van der Waals surface area contributed by atoms with Crippen LogP contribution < -0.4 is 0 Å². The van der Waals surface area contributed by atoms with Crippen LogP contribution in [0.5, 0.6) is 0 Å². The number of fused-ring (bicyclic) bond motifs is 1. The molecule has 0 unspecified atom stereocenters. The summed E-state index contributed by atoms with van der Waals surface area (Å²) in [5, 5.41) is 4.67. The van der Waals surface area contributed by atoms with Crippen molar-refractivity contribution in [2.24, 2.45) is 0 Å². The van der Waals surface area contributed by atoms with Crippen molar-refractivity contribution in [2.75, 3.05) is 39.5 Å². The highest BCUT2D eigenvalue weighted by atomic mass is 32.2. The molecule has 0 N–H and O–H groups in total. The second kappa shape index (κ2) is 9.29. The van der Waals surface area contributed by atoms with Crippen molar-refractivity contribution in [1.82, 2.24) is 24.4 Å². The van der Waals surface area contributed by atoms with Gasteiger partial charge in [-0.15, -0.1) is 0 Å². The first-order valence-electron chi connectivity index (χ1n) is 11.5. The van der Waals surface area contributed by atoms with Gasteiger partial charge in [0, 0.05) is 57.2 Å². The number of piperazine rings is 1. The van der Waals surface area contributed by atoms with Gasteiger partial charge in [0.05, 0.1) is 4.90 Å². The largest absolute Gasteiger partial charge is 0.304 e. The zero-order valence-corrected chi connectivity index (χ0v) is 20.4. The summed E-state index contributed by atoms with van der Waals surface area (Å²) < 4.78 is 25.3. The molecule has 0 aliphatic carbocycles. The van der Waals surface area contributed by atoms with Crippen LogP contribution in [0.4, 0.5) is 0 Å². The predicted octanol–water partition coefficient (Wildman–Crippen LogP) is 3.14. The molecule has 0 spiro atoms. The molecule has 34 heavy (non-hydrogen) atoms. The van der Waals surface area contributed by atoms with Gasteiger partial charge in [0.1, 0.15) is 0 Å². The first-order chi connectivity index (χ1) is 16.3. The van der Waals surface area contributed by atoms with Gasteiger partial charge >= 0.3 is 0 Å². The number of pyridine rings is 1. The minimum atomic E-state index is -3.23. The molecule has 7 nitrogen and oxygen atoms in total. The second-order valence-corrected chi connectivity index (χ2v) is 11.1. The van der Waals surface area contributed by atoms with E-state index in [1.54, 1.807) is 16.6 Å². The maximum Gasteiger partial charge on any atom is 0.175 e. The molecule has 0 atom stereocenters. The Bertz CT molecular complexity index is 1390. The number of sulfone groups is 1. The number of hydrogen-bond donors (Lipinski definition) is 0. The number of rotatable bonds is 6. The van der Waals surface area contributed by atoms with Crippen LogP contribution in [-0.4, -0.2) is 72.3 Å². The molecule has 1 fully saturated rings. The fourth-order valence-electron chi connectivity index (χ4n) is 4.34. The summed E-state index contributed by atoms with van der Waals surface area (Å²) in [6, 6.07) is 19.6. The molecule has 2 aromatic heterocycles. The number of benzene rings is 2. The van der Waals surface area contributed by atoms with Crippen molar-refractivity contribution < 1.29 is 8.42 Å². The zero-order valence-electron chi connectivity index (χ0n) is 19.6. The Balaban J connectivity index is 1.32. The van der Waals surface area contributed by atoms with Crippen LogP contribution in [0.25, 0.3) is 16.8 Å². The van der Waals surface area contributed by atoms with Crippen molar-refractivity contribution >= 4 is 15.5 Å². The third kappa shape index (κ3) is 5.04. The van der Waals surface area contributed by atoms with E-state index in [0.717, 1.165) is 55.3 Å². The molecule has 4 aromatic rings. The summed E-state index contributed by atoms with van der Waals surface area (Å²) >= 11 is 0. The monoisotopic (exact) mass is 475 g/mol. The number of aromatic nitrogens is 3. The summed E-state index contributed by atoms with van der Waals surface area (Å²) in [6.07, 6.45) is 3.76. The SMILES string of the molecule is CN1CCN(Cc2ccc(Cc3nc4c(-c5ccc(S(C)(=O)=O)cc5)cccn4n3)cc2)CC1. The lowest BCUT2D eigenvalue weighted by Gasteiger charge is -2.32. The quantitative estimate of drug-likeness (QED) is 0.427. The van der Waals surface area contributed by atoms with Crippen molar-refractivity contribution in [1.29, 1.82) is 0 Å². The number of hydrogen-bond acceptors (Lipinski definition) is 6. The lowest BCUT2D eigenvalue weighted by Crippen LogP contribution is -2.43. The molecule has 1 saturated heterocycles. The molecule has 1 aliphatic rings.